The van der Waals surface area contributed by atoms with Gasteiger partial charge in [0.25, 0.3) is 5.91 Å². The Morgan fingerprint density at radius 2 is 1.74 bits per heavy atom. The molecule has 1 aliphatic rings. The number of rotatable bonds is 7. The summed E-state index contributed by atoms with van der Waals surface area (Å²) in [6.07, 6.45) is -5.36. The maximum absolute atomic E-state index is 14.0. The first-order valence-corrected chi connectivity index (χ1v) is 10.9. The molecule has 0 unspecified atom stereocenters. The predicted molar refractivity (Wildman–Crippen MR) is 100 cm³/mol. The Bertz CT molecular complexity index is 1020. The van der Waals surface area contributed by atoms with Gasteiger partial charge in [0.1, 0.15) is 16.4 Å². The quantitative estimate of drug-likeness (QED) is 0.483. The molecule has 0 saturated heterocycles. The van der Waals surface area contributed by atoms with Crippen molar-refractivity contribution in [3.05, 3.63) is 23.3 Å². The zero-order chi connectivity index (χ0) is 23.6. The number of hydrogen-bond acceptors (Lipinski definition) is 7. The van der Waals surface area contributed by atoms with Crippen molar-refractivity contribution in [3.63, 3.8) is 0 Å². The minimum absolute atomic E-state index is 0.133. The van der Waals surface area contributed by atoms with E-state index in [2.05, 4.69) is 5.32 Å². The highest BCUT2D eigenvalue weighted by Gasteiger charge is 2.45. The van der Waals surface area contributed by atoms with E-state index in [1.807, 2.05) is 0 Å². The van der Waals surface area contributed by atoms with E-state index < -0.39 is 79.3 Å². The number of alkyl halides is 3. The lowest BCUT2D eigenvalue weighted by Gasteiger charge is -2.23. The molecule has 12 heteroatoms. The molecular weight excluding hydrogens is 443 g/mol. The maximum atomic E-state index is 14.0. The number of nitrogens with one attached hydrogen (secondary N) is 1. The highest BCUT2D eigenvalue weighted by Crippen LogP contribution is 2.43. The van der Waals surface area contributed by atoms with Crippen LogP contribution in [0.3, 0.4) is 0 Å². The van der Waals surface area contributed by atoms with Crippen molar-refractivity contribution in [1.29, 1.82) is 0 Å². The average molecular weight is 463 g/mol. The molecule has 0 aliphatic heterocycles. The summed E-state index contributed by atoms with van der Waals surface area (Å²) in [5.74, 6) is -7.52. The maximum Gasteiger partial charge on any atom is 0.420 e. The largest absolute Gasteiger partial charge is 0.482 e. The summed E-state index contributed by atoms with van der Waals surface area (Å²) >= 11 is 0. The second-order valence-electron chi connectivity index (χ2n) is 6.76. The third-order valence-corrected chi connectivity index (χ3v) is 6.52. The number of carbonyl (C=O) groups is 4. The van der Waals surface area contributed by atoms with Crippen LogP contribution in [0.25, 0.3) is 0 Å². The number of benzene rings is 1. The number of hydrogen-bond donors (Lipinski definition) is 1. The number of amides is 1. The summed E-state index contributed by atoms with van der Waals surface area (Å²) in [7, 11) is -3.06. The molecule has 0 heterocycles. The van der Waals surface area contributed by atoms with Crippen molar-refractivity contribution in [2.24, 2.45) is 5.92 Å². The minimum Gasteiger partial charge on any atom is -0.482 e. The summed E-state index contributed by atoms with van der Waals surface area (Å²) in [5.41, 5.74) is -2.81. The first-order valence-electron chi connectivity index (χ1n) is 9.25. The van der Waals surface area contributed by atoms with E-state index in [-0.39, 0.29) is 19.3 Å². The summed E-state index contributed by atoms with van der Waals surface area (Å²) in [6, 6.07) is 1.37. The average Bonchev–Trinajstić information content (AvgIpc) is 2.70. The predicted octanol–water partition coefficient (Wildman–Crippen LogP) is 1.74. The van der Waals surface area contributed by atoms with Crippen LogP contribution in [0, 0.1) is 5.92 Å². The van der Waals surface area contributed by atoms with Gasteiger partial charge in [-0.1, -0.05) is 6.92 Å². The van der Waals surface area contributed by atoms with Crippen LogP contribution in [0.15, 0.2) is 17.0 Å². The summed E-state index contributed by atoms with van der Waals surface area (Å²) in [5, 5.41) is 2.12. The normalized spacial score (nSPS) is 15.6. The number of sulfone groups is 1. The second-order valence-corrected chi connectivity index (χ2v) is 9.01. The molecule has 0 radical (unpaired) electrons. The van der Waals surface area contributed by atoms with Gasteiger partial charge in [0.05, 0.1) is 5.75 Å². The fraction of sp³-hybridized carbons (Fsp3) is 0.474. The van der Waals surface area contributed by atoms with Gasteiger partial charge < -0.3 is 10.1 Å². The van der Waals surface area contributed by atoms with Crippen LogP contribution in [0.5, 0.6) is 5.75 Å². The van der Waals surface area contributed by atoms with Crippen LogP contribution in [0.4, 0.5) is 13.2 Å². The number of halogens is 3. The van der Waals surface area contributed by atoms with Gasteiger partial charge in [0.15, 0.2) is 39.5 Å². The molecule has 1 aromatic carbocycles. The lowest BCUT2D eigenvalue weighted by Crippen LogP contribution is -2.36. The van der Waals surface area contributed by atoms with Gasteiger partial charge in [-0.25, -0.2) is 8.42 Å². The van der Waals surface area contributed by atoms with Crippen molar-refractivity contribution in [1.82, 2.24) is 5.32 Å². The van der Waals surface area contributed by atoms with Crippen LogP contribution < -0.4 is 10.1 Å². The third-order valence-electron chi connectivity index (χ3n) is 4.76. The molecule has 8 nitrogen and oxygen atoms in total. The molecule has 1 fully saturated rings. The fourth-order valence-corrected chi connectivity index (χ4v) is 4.19. The van der Waals surface area contributed by atoms with Crippen LogP contribution in [-0.2, 0) is 30.4 Å². The molecule has 1 aliphatic carbocycles. The molecule has 0 spiro atoms. The zero-order valence-electron chi connectivity index (χ0n) is 16.7. The molecule has 0 atom stereocenters. The van der Waals surface area contributed by atoms with Gasteiger partial charge in [-0.05, 0) is 18.6 Å². The highest BCUT2D eigenvalue weighted by molar-refractivity contribution is 7.91. The van der Waals surface area contributed by atoms with E-state index >= 15 is 0 Å². The smallest absolute Gasteiger partial charge is 0.420 e. The third kappa shape index (κ3) is 5.12. The lowest BCUT2D eigenvalue weighted by molar-refractivity contribution is -0.141. The zero-order valence-corrected chi connectivity index (χ0v) is 17.5. The Morgan fingerprint density at radius 3 is 2.23 bits per heavy atom. The Kier molecular flexibility index (Phi) is 7.25. The first-order chi connectivity index (χ1) is 14.3. The van der Waals surface area contributed by atoms with E-state index in [9.17, 15) is 40.8 Å². The monoisotopic (exact) mass is 463 g/mol. The van der Waals surface area contributed by atoms with Crippen molar-refractivity contribution < 1.29 is 45.5 Å². The van der Waals surface area contributed by atoms with E-state index in [1.54, 1.807) is 0 Å². The van der Waals surface area contributed by atoms with Gasteiger partial charge in [0, 0.05) is 25.5 Å². The molecule has 1 aromatic rings. The molecule has 2 rings (SSSR count). The molecule has 0 aromatic heterocycles. The van der Waals surface area contributed by atoms with Gasteiger partial charge in [-0.2, -0.15) is 13.2 Å². The minimum atomic E-state index is -5.29. The van der Waals surface area contributed by atoms with E-state index in [0.29, 0.717) is 6.07 Å². The molecule has 1 N–H and O–H groups in total. The lowest BCUT2D eigenvalue weighted by atomic mass is 9.80. The van der Waals surface area contributed by atoms with Crippen LogP contribution in [0.2, 0.25) is 0 Å². The topological polar surface area (TPSA) is 124 Å². The van der Waals surface area contributed by atoms with Crippen LogP contribution >= 0.6 is 0 Å². The Balaban J connectivity index is 2.77. The van der Waals surface area contributed by atoms with Crippen molar-refractivity contribution >= 4 is 33.1 Å². The molecular formula is C19H20F3NO7S. The fourth-order valence-electron chi connectivity index (χ4n) is 3.16. The Morgan fingerprint density at radius 1 is 1.16 bits per heavy atom. The summed E-state index contributed by atoms with van der Waals surface area (Å²) < 4.78 is 71.7. The molecule has 31 heavy (non-hydrogen) atoms. The van der Waals surface area contributed by atoms with Gasteiger partial charge in [0.2, 0.25) is 0 Å². The van der Waals surface area contributed by atoms with E-state index in [1.165, 1.54) is 14.0 Å². The molecule has 170 valence electrons. The number of likely N-dealkylation sites (N-methyl/N-ethyl adjacent to an activating group) is 1. The molecule has 0 bridgehead atoms. The van der Waals surface area contributed by atoms with Gasteiger partial charge >= 0.3 is 6.18 Å². The molecule has 1 saturated carbocycles. The van der Waals surface area contributed by atoms with Crippen LogP contribution in [0.1, 0.15) is 42.1 Å². The van der Waals surface area contributed by atoms with E-state index in [4.69, 9.17) is 4.74 Å². The SMILES string of the molecule is CCS(=O)(=O)c1ccc(C(=O)C2C(=O)CCCC2=O)c(C(F)(F)F)c1OCC(=O)NC. The number of ketones is 3. The summed E-state index contributed by atoms with van der Waals surface area (Å²) in [4.78, 5) is 47.7. The van der Waals surface area contributed by atoms with Crippen LogP contribution in [-0.4, -0.2) is 51.1 Å². The van der Waals surface area contributed by atoms with Crippen molar-refractivity contribution in [3.8, 4) is 5.75 Å². The van der Waals surface area contributed by atoms with Crippen molar-refractivity contribution in [2.45, 2.75) is 37.3 Å². The first kappa shape index (κ1) is 24.5. The number of Topliss-reactive ketones (excluding diaryl/α,β-unsaturated/α-hetero) is 3. The van der Waals surface area contributed by atoms with Gasteiger partial charge in [-0.3, -0.25) is 19.2 Å². The number of carbonyl (C=O) groups excluding carboxylic acids is 4. The van der Waals surface area contributed by atoms with Crippen molar-refractivity contribution in [2.75, 3.05) is 19.4 Å². The summed E-state index contributed by atoms with van der Waals surface area (Å²) in [6.45, 7) is 0.244. The number of ether oxygens (including phenoxy) is 1. The highest BCUT2D eigenvalue weighted by atomic mass is 32.2. The van der Waals surface area contributed by atoms with Gasteiger partial charge in [-0.15, -0.1) is 0 Å². The Labute approximate surface area is 176 Å². The standard InChI is InChI=1S/C19H20F3NO7S/c1-3-31(28,29)13-8-7-10(17(27)15-11(24)5-4-6-12(15)25)16(19(20,21)22)18(13)30-9-14(26)23-2/h7-8,15H,3-6,9H2,1-2H3,(H,23,26). The second kappa shape index (κ2) is 9.16. The van der Waals surface area contributed by atoms with E-state index in [0.717, 1.165) is 6.07 Å². The molecule has 1 amide bonds. The Hall–Kier alpha value is -2.76.